The number of hydrogen-bond acceptors (Lipinski definition) is 5. The Kier molecular flexibility index (Phi) is 9.90. The number of hydrogen-bond donors (Lipinski definition) is 1. The number of carboxylic acid groups (broad SMARTS) is 1. The molecule has 2 heterocycles. The summed E-state index contributed by atoms with van der Waals surface area (Å²) >= 11 is 7.91. The molecule has 0 radical (unpaired) electrons. The van der Waals surface area contributed by atoms with E-state index in [-0.39, 0.29) is 12.3 Å². The van der Waals surface area contributed by atoms with Crippen LogP contribution < -0.4 is 4.74 Å². The van der Waals surface area contributed by atoms with Crippen LogP contribution in [0.5, 0.6) is 5.75 Å². The number of carbonyl (C=O) groups is 1. The Morgan fingerprint density at radius 2 is 2.08 bits per heavy atom. The summed E-state index contributed by atoms with van der Waals surface area (Å²) in [5.74, 6) is 1.87. The lowest BCUT2D eigenvalue weighted by atomic mass is 9.80. The summed E-state index contributed by atoms with van der Waals surface area (Å²) in [5.41, 5.74) is 2.27. The van der Waals surface area contributed by atoms with Crippen LogP contribution in [0.25, 0.3) is 10.9 Å². The van der Waals surface area contributed by atoms with Crippen LogP contribution in [-0.2, 0) is 11.2 Å². The quantitative estimate of drug-likeness (QED) is 0.206. The molecule has 1 fully saturated rings. The van der Waals surface area contributed by atoms with Gasteiger partial charge in [0.15, 0.2) is 0 Å². The highest BCUT2D eigenvalue weighted by Crippen LogP contribution is 2.32. The molecule has 0 saturated carbocycles. The van der Waals surface area contributed by atoms with Crippen LogP contribution in [0.4, 0.5) is 0 Å². The van der Waals surface area contributed by atoms with Crippen LogP contribution in [0.1, 0.15) is 37.7 Å². The molecule has 0 amide bonds. The summed E-state index contributed by atoms with van der Waals surface area (Å²) in [5, 5.41) is 11.5. The molecule has 0 aliphatic carbocycles. The molecule has 0 spiro atoms. The molecule has 1 aliphatic rings. The Labute approximate surface area is 223 Å². The number of likely N-dealkylation sites (tertiary alicyclic amines) is 1. The molecule has 1 saturated heterocycles. The third-order valence-corrected chi connectivity index (χ3v) is 8.47. The van der Waals surface area contributed by atoms with Gasteiger partial charge in [-0.05, 0) is 111 Å². The van der Waals surface area contributed by atoms with Gasteiger partial charge >= 0.3 is 5.97 Å². The molecule has 5 nitrogen and oxygen atoms in total. The number of carboxylic acids is 1. The van der Waals surface area contributed by atoms with Gasteiger partial charge in [-0.3, -0.25) is 9.78 Å². The number of nitrogens with zero attached hydrogens (tertiary/aromatic N) is 2. The lowest BCUT2D eigenvalue weighted by Gasteiger charge is -2.38. The van der Waals surface area contributed by atoms with E-state index in [4.69, 9.17) is 16.3 Å². The molecule has 192 valence electrons. The molecule has 2 atom stereocenters. The Morgan fingerprint density at radius 1 is 1.19 bits per heavy atom. The molecule has 2 aromatic carbocycles. The Morgan fingerprint density at radius 3 is 2.89 bits per heavy atom. The highest BCUT2D eigenvalue weighted by Gasteiger charge is 2.30. The standard InChI is InChI=1S/C29H35ClN2O3S/c1-35-25-9-10-28-27(19-25)22(11-13-31-28)6-2-5-21-12-15-32(20-23(21)17-29(33)34)14-4-16-36-26-8-3-7-24(30)18-26/h3,7-11,13,18-19,21,23H,2,4-6,12,14-17,20H2,1H3,(H,33,34)/t21-,23+/m1/s1. The first-order valence-corrected chi connectivity index (χ1v) is 14.1. The third-order valence-electron chi connectivity index (χ3n) is 7.16. The van der Waals surface area contributed by atoms with Crippen molar-refractivity contribution < 1.29 is 14.6 Å². The van der Waals surface area contributed by atoms with Crippen LogP contribution in [0, 0.1) is 11.8 Å². The van der Waals surface area contributed by atoms with Crippen molar-refractivity contribution in [3.63, 3.8) is 0 Å². The van der Waals surface area contributed by atoms with Crippen molar-refractivity contribution in [2.45, 2.75) is 43.4 Å². The number of ether oxygens (including phenoxy) is 1. The number of benzene rings is 2. The molecule has 1 N–H and O–H groups in total. The van der Waals surface area contributed by atoms with Crippen LogP contribution in [0.2, 0.25) is 5.02 Å². The van der Waals surface area contributed by atoms with E-state index in [2.05, 4.69) is 28.1 Å². The van der Waals surface area contributed by atoms with E-state index in [1.807, 2.05) is 48.3 Å². The molecule has 36 heavy (non-hydrogen) atoms. The van der Waals surface area contributed by atoms with Crippen LogP contribution >= 0.6 is 23.4 Å². The highest BCUT2D eigenvalue weighted by atomic mass is 35.5. The monoisotopic (exact) mass is 526 g/mol. The van der Waals surface area contributed by atoms with E-state index < -0.39 is 5.97 Å². The predicted octanol–water partition coefficient (Wildman–Crippen LogP) is 6.81. The van der Waals surface area contributed by atoms with Gasteiger partial charge in [0.25, 0.3) is 0 Å². The van der Waals surface area contributed by atoms with E-state index in [1.54, 1.807) is 7.11 Å². The van der Waals surface area contributed by atoms with Crippen molar-refractivity contribution in [1.29, 1.82) is 0 Å². The van der Waals surface area contributed by atoms with Crippen LogP contribution in [-0.4, -0.2) is 53.5 Å². The second kappa shape index (κ2) is 13.3. The number of thioether (sulfide) groups is 1. The predicted molar refractivity (Wildman–Crippen MR) is 148 cm³/mol. The molecule has 3 aromatic rings. The Bertz CT molecular complexity index is 1160. The molecule has 1 aromatic heterocycles. The first-order chi connectivity index (χ1) is 17.5. The number of aryl methyl sites for hydroxylation is 1. The number of pyridine rings is 1. The topological polar surface area (TPSA) is 62.7 Å². The molecular formula is C29H35ClN2O3S. The van der Waals surface area contributed by atoms with Crippen molar-refractivity contribution >= 4 is 40.2 Å². The summed E-state index contributed by atoms with van der Waals surface area (Å²) in [4.78, 5) is 19.8. The van der Waals surface area contributed by atoms with Gasteiger partial charge in [-0.15, -0.1) is 11.8 Å². The minimum absolute atomic E-state index is 0.214. The summed E-state index contributed by atoms with van der Waals surface area (Å²) < 4.78 is 5.41. The zero-order chi connectivity index (χ0) is 25.3. The number of rotatable bonds is 12. The fourth-order valence-corrected chi connectivity index (χ4v) is 6.46. The number of piperidine rings is 1. The molecule has 0 unspecified atom stereocenters. The number of aliphatic carboxylic acids is 1. The van der Waals surface area contributed by atoms with Crippen molar-refractivity contribution in [3.8, 4) is 5.75 Å². The smallest absolute Gasteiger partial charge is 0.303 e. The molecule has 7 heteroatoms. The maximum absolute atomic E-state index is 11.6. The van der Waals surface area contributed by atoms with Gasteiger partial charge in [-0.1, -0.05) is 17.7 Å². The fraction of sp³-hybridized carbons (Fsp3) is 0.448. The first-order valence-electron chi connectivity index (χ1n) is 12.8. The highest BCUT2D eigenvalue weighted by molar-refractivity contribution is 7.99. The van der Waals surface area contributed by atoms with Gasteiger partial charge in [-0.25, -0.2) is 0 Å². The average molecular weight is 527 g/mol. The zero-order valence-corrected chi connectivity index (χ0v) is 22.4. The van der Waals surface area contributed by atoms with Crippen LogP contribution in [0.3, 0.4) is 0 Å². The lowest BCUT2D eigenvalue weighted by Crippen LogP contribution is -2.41. The van der Waals surface area contributed by atoms with Crippen molar-refractivity contribution in [3.05, 3.63) is 65.3 Å². The lowest BCUT2D eigenvalue weighted by molar-refractivity contribution is -0.139. The fourth-order valence-electron chi connectivity index (χ4n) is 5.31. The van der Waals surface area contributed by atoms with Crippen molar-refractivity contribution in [2.75, 3.05) is 32.5 Å². The van der Waals surface area contributed by atoms with Crippen molar-refractivity contribution in [2.24, 2.45) is 11.8 Å². The second-order valence-corrected chi connectivity index (χ2v) is 11.2. The minimum Gasteiger partial charge on any atom is -0.497 e. The molecule has 4 rings (SSSR count). The van der Waals surface area contributed by atoms with Gasteiger partial charge in [0.2, 0.25) is 0 Å². The zero-order valence-electron chi connectivity index (χ0n) is 20.9. The summed E-state index contributed by atoms with van der Waals surface area (Å²) in [6.07, 6.45) is 7.36. The van der Waals surface area contributed by atoms with E-state index in [1.165, 1.54) is 10.5 Å². The maximum Gasteiger partial charge on any atom is 0.303 e. The van der Waals surface area contributed by atoms with Gasteiger partial charge < -0.3 is 14.7 Å². The third kappa shape index (κ3) is 7.61. The number of fused-ring (bicyclic) bond motifs is 1. The van der Waals surface area contributed by atoms with Gasteiger partial charge in [0, 0.05) is 34.5 Å². The summed E-state index contributed by atoms with van der Waals surface area (Å²) in [6, 6.07) is 16.1. The second-order valence-electron chi connectivity index (χ2n) is 9.61. The summed E-state index contributed by atoms with van der Waals surface area (Å²) in [6.45, 7) is 2.95. The van der Waals surface area contributed by atoms with Gasteiger partial charge in [-0.2, -0.15) is 0 Å². The van der Waals surface area contributed by atoms with Crippen molar-refractivity contribution in [1.82, 2.24) is 9.88 Å². The van der Waals surface area contributed by atoms with E-state index in [0.29, 0.717) is 5.92 Å². The largest absolute Gasteiger partial charge is 0.497 e. The maximum atomic E-state index is 11.6. The first kappa shape index (κ1) is 26.8. The number of methoxy groups -OCH3 is 1. The molecule has 0 bridgehead atoms. The van der Waals surface area contributed by atoms with E-state index in [0.717, 1.165) is 79.2 Å². The molecular weight excluding hydrogens is 492 g/mol. The average Bonchev–Trinajstić information content (AvgIpc) is 2.87. The van der Waals surface area contributed by atoms with Gasteiger partial charge in [0.05, 0.1) is 12.6 Å². The SMILES string of the molecule is COc1ccc2nccc(CCC[C@@H]3CCN(CCCSc4cccc(Cl)c4)C[C@@H]3CC(=O)O)c2c1. The Balaban J connectivity index is 1.27. The number of aromatic nitrogens is 1. The van der Waals surface area contributed by atoms with Gasteiger partial charge in [0.1, 0.15) is 5.75 Å². The summed E-state index contributed by atoms with van der Waals surface area (Å²) in [7, 11) is 1.68. The number of halogens is 1. The molecule has 1 aliphatic heterocycles. The normalized spacial score (nSPS) is 18.4. The minimum atomic E-state index is -0.685. The van der Waals surface area contributed by atoms with E-state index >= 15 is 0 Å². The Hall–Kier alpha value is -2.28. The van der Waals surface area contributed by atoms with E-state index in [9.17, 15) is 9.90 Å². The van der Waals surface area contributed by atoms with Crippen LogP contribution in [0.15, 0.2) is 59.6 Å².